The largest absolute Gasteiger partial charge is 0.481 e. The average molecular weight is 171 g/mol. The molecule has 1 N–H and O–H groups in total. The van der Waals surface area contributed by atoms with Crippen molar-refractivity contribution >= 4 is 12.2 Å². The molecule has 68 valence electrons. The quantitative estimate of drug-likeness (QED) is 0.508. The second kappa shape index (κ2) is 2.77. The molecule has 4 nitrogen and oxygen atoms in total. The SMILES string of the molecule is CO/N=C\C1C(C(=O)O)C1(C)C. The summed E-state index contributed by atoms with van der Waals surface area (Å²) >= 11 is 0. The highest BCUT2D eigenvalue weighted by Crippen LogP contribution is 2.57. The second-order valence-electron chi connectivity index (χ2n) is 3.60. The summed E-state index contributed by atoms with van der Waals surface area (Å²) in [7, 11) is 1.45. The maximum atomic E-state index is 10.6. The van der Waals surface area contributed by atoms with Crippen LogP contribution >= 0.6 is 0 Å². The molecular weight excluding hydrogens is 158 g/mol. The maximum Gasteiger partial charge on any atom is 0.307 e. The van der Waals surface area contributed by atoms with Crippen LogP contribution in [0.3, 0.4) is 0 Å². The molecule has 2 unspecified atom stereocenters. The standard InChI is InChI=1S/C8H13NO3/c1-8(2)5(4-9-12-3)6(8)7(10)11/h4-6H,1-3H3,(H,10,11)/b9-4-. The molecule has 12 heavy (non-hydrogen) atoms. The van der Waals surface area contributed by atoms with Crippen molar-refractivity contribution in [3.8, 4) is 0 Å². The lowest BCUT2D eigenvalue weighted by Gasteiger charge is -1.95. The fraction of sp³-hybridized carbons (Fsp3) is 0.750. The van der Waals surface area contributed by atoms with Crippen LogP contribution in [0, 0.1) is 17.3 Å². The summed E-state index contributed by atoms with van der Waals surface area (Å²) in [6, 6.07) is 0. The van der Waals surface area contributed by atoms with E-state index < -0.39 is 5.97 Å². The van der Waals surface area contributed by atoms with Crippen molar-refractivity contribution in [3.63, 3.8) is 0 Å². The Morgan fingerprint density at radius 1 is 1.67 bits per heavy atom. The Bertz CT molecular complexity index is 222. The zero-order chi connectivity index (χ0) is 9.35. The van der Waals surface area contributed by atoms with E-state index >= 15 is 0 Å². The molecule has 1 fully saturated rings. The van der Waals surface area contributed by atoms with E-state index in [-0.39, 0.29) is 17.3 Å². The molecule has 0 aromatic carbocycles. The Balaban J connectivity index is 2.60. The van der Waals surface area contributed by atoms with E-state index in [9.17, 15) is 4.79 Å². The van der Waals surface area contributed by atoms with Gasteiger partial charge in [-0.15, -0.1) is 0 Å². The molecule has 0 aromatic heterocycles. The van der Waals surface area contributed by atoms with Gasteiger partial charge >= 0.3 is 5.97 Å². The van der Waals surface area contributed by atoms with Gasteiger partial charge in [-0.25, -0.2) is 0 Å². The first-order valence-corrected chi connectivity index (χ1v) is 3.81. The molecule has 0 amide bonds. The molecule has 0 bridgehead atoms. The zero-order valence-corrected chi connectivity index (χ0v) is 7.44. The Labute approximate surface area is 71.2 Å². The van der Waals surface area contributed by atoms with Gasteiger partial charge < -0.3 is 9.94 Å². The van der Waals surface area contributed by atoms with Gasteiger partial charge in [0.2, 0.25) is 0 Å². The Morgan fingerprint density at radius 3 is 2.58 bits per heavy atom. The first-order chi connectivity index (χ1) is 5.51. The molecule has 0 saturated heterocycles. The highest BCUT2D eigenvalue weighted by Gasteiger charge is 2.61. The predicted octanol–water partition coefficient (Wildman–Crippen LogP) is 0.975. The summed E-state index contributed by atoms with van der Waals surface area (Å²) in [6.45, 7) is 3.83. The summed E-state index contributed by atoms with van der Waals surface area (Å²) < 4.78 is 0. The van der Waals surface area contributed by atoms with E-state index in [0.29, 0.717) is 0 Å². The van der Waals surface area contributed by atoms with E-state index in [1.807, 2.05) is 13.8 Å². The molecule has 0 aliphatic heterocycles. The second-order valence-corrected chi connectivity index (χ2v) is 3.60. The van der Waals surface area contributed by atoms with Gasteiger partial charge in [0, 0.05) is 12.1 Å². The van der Waals surface area contributed by atoms with Crippen molar-refractivity contribution in [2.24, 2.45) is 22.4 Å². The zero-order valence-electron chi connectivity index (χ0n) is 7.44. The highest BCUT2D eigenvalue weighted by molar-refractivity contribution is 5.84. The van der Waals surface area contributed by atoms with Crippen molar-refractivity contribution in [1.82, 2.24) is 0 Å². The van der Waals surface area contributed by atoms with Gasteiger partial charge in [0.15, 0.2) is 0 Å². The van der Waals surface area contributed by atoms with Crippen LogP contribution in [0.5, 0.6) is 0 Å². The van der Waals surface area contributed by atoms with E-state index in [2.05, 4.69) is 9.99 Å². The summed E-state index contributed by atoms with van der Waals surface area (Å²) in [5.74, 6) is -1.06. The molecule has 0 heterocycles. The predicted molar refractivity (Wildman–Crippen MR) is 43.9 cm³/mol. The van der Waals surface area contributed by atoms with E-state index in [1.165, 1.54) is 7.11 Å². The Morgan fingerprint density at radius 2 is 2.25 bits per heavy atom. The molecule has 1 saturated carbocycles. The molecular formula is C8H13NO3. The lowest BCUT2D eigenvalue weighted by molar-refractivity contribution is -0.139. The molecule has 0 spiro atoms. The number of carboxylic acid groups (broad SMARTS) is 1. The number of nitrogens with zero attached hydrogens (tertiary/aromatic N) is 1. The minimum absolute atomic E-state index is 0.00921. The monoisotopic (exact) mass is 171 g/mol. The van der Waals surface area contributed by atoms with Crippen molar-refractivity contribution in [2.75, 3.05) is 7.11 Å². The minimum Gasteiger partial charge on any atom is -0.481 e. The van der Waals surface area contributed by atoms with Gasteiger partial charge in [-0.1, -0.05) is 19.0 Å². The molecule has 0 radical (unpaired) electrons. The molecule has 2 atom stereocenters. The summed E-state index contributed by atoms with van der Waals surface area (Å²) in [5, 5.41) is 12.3. The van der Waals surface area contributed by atoms with Crippen LogP contribution in [0.1, 0.15) is 13.8 Å². The van der Waals surface area contributed by atoms with Crippen LogP contribution in [-0.4, -0.2) is 24.4 Å². The lowest BCUT2D eigenvalue weighted by Crippen LogP contribution is -2.03. The van der Waals surface area contributed by atoms with Crippen LogP contribution in [-0.2, 0) is 9.63 Å². The third kappa shape index (κ3) is 1.29. The smallest absolute Gasteiger partial charge is 0.307 e. The van der Waals surface area contributed by atoms with Crippen molar-refractivity contribution in [3.05, 3.63) is 0 Å². The molecule has 0 aromatic rings. The van der Waals surface area contributed by atoms with Gasteiger partial charge in [-0.05, 0) is 5.41 Å². The fourth-order valence-corrected chi connectivity index (χ4v) is 1.55. The molecule has 1 rings (SSSR count). The molecule has 4 heteroatoms. The van der Waals surface area contributed by atoms with Crippen molar-refractivity contribution in [2.45, 2.75) is 13.8 Å². The Hall–Kier alpha value is -1.06. The third-order valence-electron chi connectivity index (χ3n) is 2.50. The number of oxime groups is 1. The molecule has 1 aliphatic carbocycles. The number of carboxylic acids is 1. The van der Waals surface area contributed by atoms with Gasteiger partial charge in [-0.3, -0.25) is 4.79 Å². The van der Waals surface area contributed by atoms with Crippen LogP contribution in [0.4, 0.5) is 0 Å². The molecule has 1 aliphatic rings. The summed E-state index contributed by atoms with van der Waals surface area (Å²) in [6.07, 6.45) is 1.57. The normalized spacial score (nSPS) is 31.9. The summed E-state index contributed by atoms with van der Waals surface area (Å²) in [5.41, 5.74) is -0.173. The van der Waals surface area contributed by atoms with E-state index in [4.69, 9.17) is 5.11 Å². The third-order valence-corrected chi connectivity index (χ3v) is 2.50. The average Bonchev–Trinajstić information content (AvgIpc) is 2.49. The first kappa shape index (κ1) is 9.03. The topological polar surface area (TPSA) is 58.9 Å². The maximum absolute atomic E-state index is 10.6. The van der Waals surface area contributed by atoms with Crippen molar-refractivity contribution < 1.29 is 14.7 Å². The van der Waals surface area contributed by atoms with Crippen LogP contribution in [0.15, 0.2) is 5.16 Å². The minimum atomic E-state index is -0.757. The van der Waals surface area contributed by atoms with Gasteiger partial charge in [0.1, 0.15) is 7.11 Å². The van der Waals surface area contributed by atoms with Gasteiger partial charge in [-0.2, -0.15) is 0 Å². The summed E-state index contributed by atoms with van der Waals surface area (Å²) in [4.78, 5) is 15.1. The van der Waals surface area contributed by atoms with E-state index in [0.717, 1.165) is 0 Å². The van der Waals surface area contributed by atoms with Gasteiger partial charge in [0.05, 0.1) is 5.92 Å². The van der Waals surface area contributed by atoms with E-state index in [1.54, 1.807) is 6.21 Å². The van der Waals surface area contributed by atoms with Crippen molar-refractivity contribution in [1.29, 1.82) is 0 Å². The first-order valence-electron chi connectivity index (χ1n) is 3.81. The van der Waals surface area contributed by atoms with Crippen LogP contribution < -0.4 is 0 Å². The number of carbonyl (C=O) groups is 1. The lowest BCUT2D eigenvalue weighted by atomic mass is 10.1. The number of hydrogen-bond donors (Lipinski definition) is 1. The highest BCUT2D eigenvalue weighted by atomic mass is 16.6. The fourth-order valence-electron chi connectivity index (χ4n) is 1.55. The van der Waals surface area contributed by atoms with Crippen LogP contribution in [0.2, 0.25) is 0 Å². The number of aliphatic carboxylic acids is 1. The Kier molecular flexibility index (Phi) is 2.08. The van der Waals surface area contributed by atoms with Gasteiger partial charge in [0.25, 0.3) is 0 Å². The number of hydrogen-bond acceptors (Lipinski definition) is 3. The van der Waals surface area contributed by atoms with Crippen LogP contribution in [0.25, 0.3) is 0 Å². The number of rotatable bonds is 3.